The van der Waals surface area contributed by atoms with Gasteiger partial charge in [-0.1, -0.05) is 12.1 Å². The molecule has 0 amide bonds. The first-order chi connectivity index (χ1) is 6.31. The Kier molecular flexibility index (Phi) is 3.73. The van der Waals surface area contributed by atoms with E-state index in [1.54, 1.807) is 14.2 Å². The highest BCUT2D eigenvalue weighted by Crippen LogP contribution is 2.20. The van der Waals surface area contributed by atoms with Gasteiger partial charge in [-0.05, 0) is 17.7 Å². The standard InChI is InChI=1S/C10H15NO2/c1-12-9-5-3-4-8(6-9)10(7-11)13-2/h3-6,10H,7,11H2,1-2H3/t10-/m0/s1. The smallest absolute Gasteiger partial charge is 0.119 e. The lowest BCUT2D eigenvalue weighted by molar-refractivity contribution is 0.110. The van der Waals surface area contributed by atoms with Crippen molar-refractivity contribution in [3.63, 3.8) is 0 Å². The molecule has 0 aliphatic carbocycles. The second-order valence-electron chi connectivity index (χ2n) is 2.74. The molecular formula is C10H15NO2. The van der Waals surface area contributed by atoms with Gasteiger partial charge in [-0.25, -0.2) is 0 Å². The molecule has 3 nitrogen and oxygen atoms in total. The molecule has 1 rings (SSSR count). The predicted molar refractivity (Wildman–Crippen MR) is 51.8 cm³/mol. The van der Waals surface area contributed by atoms with Crippen molar-refractivity contribution in [3.05, 3.63) is 29.8 Å². The maximum atomic E-state index is 5.54. The maximum Gasteiger partial charge on any atom is 0.119 e. The quantitative estimate of drug-likeness (QED) is 0.762. The average molecular weight is 181 g/mol. The average Bonchev–Trinajstić information content (AvgIpc) is 2.20. The second-order valence-corrected chi connectivity index (χ2v) is 2.74. The molecule has 0 aliphatic heterocycles. The summed E-state index contributed by atoms with van der Waals surface area (Å²) in [4.78, 5) is 0. The van der Waals surface area contributed by atoms with Gasteiger partial charge >= 0.3 is 0 Å². The molecule has 13 heavy (non-hydrogen) atoms. The van der Waals surface area contributed by atoms with Crippen LogP contribution < -0.4 is 10.5 Å². The van der Waals surface area contributed by atoms with Crippen LogP contribution >= 0.6 is 0 Å². The van der Waals surface area contributed by atoms with Gasteiger partial charge in [-0.15, -0.1) is 0 Å². The van der Waals surface area contributed by atoms with Crippen LogP contribution in [0.15, 0.2) is 24.3 Å². The van der Waals surface area contributed by atoms with E-state index in [2.05, 4.69) is 0 Å². The summed E-state index contributed by atoms with van der Waals surface area (Å²) in [5, 5.41) is 0. The highest BCUT2D eigenvalue weighted by Gasteiger charge is 2.07. The van der Waals surface area contributed by atoms with Gasteiger partial charge in [0, 0.05) is 13.7 Å². The van der Waals surface area contributed by atoms with E-state index in [1.807, 2.05) is 24.3 Å². The topological polar surface area (TPSA) is 44.5 Å². The third-order valence-corrected chi connectivity index (χ3v) is 1.96. The molecule has 0 bridgehead atoms. The van der Waals surface area contributed by atoms with Crippen molar-refractivity contribution in [2.75, 3.05) is 20.8 Å². The van der Waals surface area contributed by atoms with E-state index < -0.39 is 0 Å². The lowest BCUT2D eigenvalue weighted by Crippen LogP contribution is -2.14. The largest absolute Gasteiger partial charge is 0.497 e. The van der Waals surface area contributed by atoms with E-state index in [0.717, 1.165) is 11.3 Å². The lowest BCUT2D eigenvalue weighted by Gasteiger charge is -2.13. The fraction of sp³-hybridized carbons (Fsp3) is 0.400. The van der Waals surface area contributed by atoms with Crippen molar-refractivity contribution in [1.82, 2.24) is 0 Å². The summed E-state index contributed by atoms with van der Waals surface area (Å²) in [5.74, 6) is 0.827. The molecule has 0 spiro atoms. The van der Waals surface area contributed by atoms with Crippen LogP contribution in [-0.4, -0.2) is 20.8 Å². The maximum absolute atomic E-state index is 5.54. The summed E-state index contributed by atoms with van der Waals surface area (Å²) in [6.45, 7) is 0.476. The van der Waals surface area contributed by atoms with Crippen molar-refractivity contribution in [2.24, 2.45) is 5.73 Å². The molecule has 1 aromatic rings. The van der Waals surface area contributed by atoms with E-state index >= 15 is 0 Å². The first-order valence-corrected chi connectivity index (χ1v) is 4.18. The van der Waals surface area contributed by atoms with Crippen molar-refractivity contribution in [1.29, 1.82) is 0 Å². The van der Waals surface area contributed by atoms with E-state index in [9.17, 15) is 0 Å². The van der Waals surface area contributed by atoms with Crippen molar-refractivity contribution >= 4 is 0 Å². The molecule has 72 valence electrons. The number of rotatable bonds is 4. The van der Waals surface area contributed by atoms with Gasteiger partial charge < -0.3 is 15.2 Å². The molecule has 0 fully saturated rings. The second kappa shape index (κ2) is 4.84. The molecule has 0 saturated heterocycles. The molecule has 1 atom stereocenters. The summed E-state index contributed by atoms with van der Waals surface area (Å²) >= 11 is 0. The molecule has 0 saturated carbocycles. The minimum absolute atomic E-state index is 0.0462. The monoisotopic (exact) mass is 181 g/mol. The first kappa shape index (κ1) is 10.0. The summed E-state index contributed by atoms with van der Waals surface area (Å²) in [6.07, 6.45) is -0.0462. The zero-order valence-corrected chi connectivity index (χ0v) is 7.99. The minimum Gasteiger partial charge on any atom is -0.497 e. The molecule has 0 radical (unpaired) electrons. The molecule has 3 heteroatoms. The Hall–Kier alpha value is -1.06. The highest BCUT2D eigenvalue weighted by molar-refractivity contribution is 5.30. The molecule has 0 aromatic heterocycles. The number of methoxy groups -OCH3 is 2. The Balaban J connectivity index is 2.86. The third kappa shape index (κ3) is 2.44. The Morgan fingerprint density at radius 3 is 2.69 bits per heavy atom. The molecule has 2 N–H and O–H groups in total. The predicted octanol–water partition coefficient (Wildman–Crippen LogP) is 1.34. The fourth-order valence-corrected chi connectivity index (χ4v) is 1.21. The minimum atomic E-state index is -0.0462. The Labute approximate surface area is 78.5 Å². The van der Waals surface area contributed by atoms with Crippen molar-refractivity contribution in [2.45, 2.75) is 6.10 Å². The lowest BCUT2D eigenvalue weighted by atomic mass is 10.1. The summed E-state index contributed by atoms with van der Waals surface area (Å²) < 4.78 is 10.3. The van der Waals surface area contributed by atoms with E-state index in [-0.39, 0.29) is 6.10 Å². The summed E-state index contributed by atoms with van der Waals surface area (Å²) in [5.41, 5.74) is 6.59. The van der Waals surface area contributed by atoms with Crippen molar-refractivity contribution in [3.8, 4) is 5.75 Å². The summed E-state index contributed by atoms with van der Waals surface area (Å²) in [6, 6.07) is 7.73. The van der Waals surface area contributed by atoms with Crippen LogP contribution in [0.4, 0.5) is 0 Å². The SMILES string of the molecule is COc1cccc([C@H](CN)OC)c1. The molecule has 0 aliphatic rings. The molecule has 0 heterocycles. The van der Waals surface area contributed by atoms with Crippen LogP contribution in [0.2, 0.25) is 0 Å². The van der Waals surface area contributed by atoms with Gasteiger partial charge in [0.25, 0.3) is 0 Å². The number of benzene rings is 1. The van der Waals surface area contributed by atoms with Gasteiger partial charge in [0.1, 0.15) is 5.75 Å². The number of nitrogens with two attached hydrogens (primary N) is 1. The van der Waals surface area contributed by atoms with Crippen LogP contribution in [0, 0.1) is 0 Å². The molecule has 1 aromatic carbocycles. The number of hydrogen-bond donors (Lipinski definition) is 1. The molecule has 0 unspecified atom stereocenters. The normalized spacial score (nSPS) is 12.5. The Morgan fingerprint density at radius 1 is 1.38 bits per heavy atom. The van der Waals surface area contributed by atoms with Gasteiger partial charge in [0.05, 0.1) is 13.2 Å². The highest BCUT2D eigenvalue weighted by atomic mass is 16.5. The Bertz CT molecular complexity index is 259. The van der Waals surface area contributed by atoms with Gasteiger partial charge in [0.15, 0.2) is 0 Å². The fourth-order valence-electron chi connectivity index (χ4n) is 1.21. The van der Waals surface area contributed by atoms with Crippen LogP contribution in [0.1, 0.15) is 11.7 Å². The van der Waals surface area contributed by atoms with E-state index in [4.69, 9.17) is 15.2 Å². The number of ether oxygens (including phenoxy) is 2. The van der Waals surface area contributed by atoms with Gasteiger partial charge in [0.2, 0.25) is 0 Å². The van der Waals surface area contributed by atoms with Crippen LogP contribution in [0.5, 0.6) is 5.75 Å². The molecular weight excluding hydrogens is 166 g/mol. The van der Waals surface area contributed by atoms with Crippen LogP contribution in [-0.2, 0) is 4.74 Å². The number of hydrogen-bond acceptors (Lipinski definition) is 3. The summed E-state index contributed by atoms with van der Waals surface area (Å²) in [7, 11) is 3.29. The van der Waals surface area contributed by atoms with E-state index in [1.165, 1.54) is 0 Å². The van der Waals surface area contributed by atoms with Gasteiger partial charge in [-0.3, -0.25) is 0 Å². The zero-order valence-electron chi connectivity index (χ0n) is 7.99. The first-order valence-electron chi connectivity index (χ1n) is 4.18. The zero-order chi connectivity index (χ0) is 9.68. The van der Waals surface area contributed by atoms with Crippen LogP contribution in [0.3, 0.4) is 0 Å². The van der Waals surface area contributed by atoms with Crippen LogP contribution in [0.25, 0.3) is 0 Å². The van der Waals surface area contributed by atoms with Gasteiger partial charge in [-0.2, -0.15) is 0 Å². The van der Waals surface area contributed by atoms with E-state index in [0.29, 0.717) is 6.54 Å². The Morgan fingerprint density at radius 2 is 2.15 bits per heavy atom. The van der Waals surface area contributed by atoms with Crippen molar-refractivity contribution < 1.29 is 9.47 Å². The third-order valence-electron chi connectivity index (χ3n) is 1.96.